The number of carbonyl (C=O) groups excluding carboxylic acids is 2. The van der Waals surface area contributed by atoms with Crippen molar-refractivity contribution in [3.05, 3.63) is 46.0 Å². The lowest BCUT2D eigenvalue weighted by atomic mass is 10.2. The van der Waals surface area contributed by atoms with Crippen molar-refractivity contribution in [2.45, 2.75) is 6.42 Å². The summed E-state index contributed by atoms with van der Waals surface area (Å²) in [4.78, 5) is 42.4. The normalized spacial score (nSPS) is 9.60. The molecule has 0 saturated heterocycles. The Hall–Kier alpha value is -3.03. The molecule has 104 valence electrons. The number of nitro benzene ring substituents is 1. The van der Waals surface area contributed by atoms with Crippen LogP contribution in [0, 0.1) is 10.1 Å². The van der Waals surface area contributed by atoms with Crippen LogP contribution in [0.25, 0.3) is 0 Å². The Kier molecular flexibility index (Phi) is 4.68. The summed E-state index contributed by atoms with van der Waals surface area (Å²) in [6.45, 7) is 3.14. The Bertz CT molecular complexity index is 606. The molecule has 0 spiro atoms. The van der Waals surface area contributed by atoms with Gasteiger partial charge in [-0.25, -0.2) is 4.79 Å². The molecule has 0 bridgehead atoms. The first-order chi connectivity index (χ1) is 9.35. The standard InChI is InChI=1S/C12H9NO7/c1-7(12(16)17)4-11(15)20-10-3-2-8(6-14)5-9(10)13(18)19/h2-3,5-6H,1,4H2,(H,16,17). The fraction of sp³-hybridized carbons (Fsp3) is 0.0833. The number of aliphatic carboxylic acids is 1. The molecule has 0 saturated carbocycles. The van der Waals surface area contributed by atoms with Crippen LogP contribution in [0.4, 0.5) is 5.69 Å². The zero-order valence-electron chi connectivity index (χ0n) is 10.1. The van der Waals surface area contributed by atoms with E-state index in [0.717, 1.165) is 12.1 Å². The number of ether oxygens (including phenoxy) is 1. The van der Waals surface area contributed by atoms with E-state index in [9.17, 15) is 24.5 Å². The molecule has 20 heavy (non-hydrogen) atoms. The molecule has 0 unspecified atom stereocenters. The smallest absolute Gasteiger partial charge is 0.331 e. The lowest BCUT2D eigenvalue weighted by molar-refractivity contribution is -0.385. The fourth-order valence-corrected chi connectivity index (χ4v) is 1.25. The molecule has 8 nitrogen and oxygen atoms in total. The molecular formula is C12H9NO7. The molecule has 0 heterocycles. The van der Waals surface area contributed by atoms with E-state index in [-0.39, 0.29) is 11.3 Å². The van der Waals surface area contributed by atoms with Crippen LogP contribution in [0.3, 0.4) is 0 Å². The first-order valence-corrected chi connectivity index (χ1v) is 5.20. The molecular weight excluding hydrogens is 270 g/mol. The minimum atomic E-state index is -1.37. The highest BCUT2D eigenvalue weighted by atomic mass is 16.6. The zero-order chi connectivity index (χ0) is 15.3. The van der Waals surface area contributed by atoms with Gasteiger partial charge in [0.25, 0.3) is 0 Å². The number of carboxylic acid groups (broad SMARTS) is 1. The van der Waals surface area contributed by atoms with Crippen molar-refractivity contribution in [1.82, 2.24) is 0 Å². The molecule has 0 aromatic heterocycles. The molecule has 0 radical (unpaired) electrons. The van der Waals surface area contributed by atoms with Crippen molar-refractivity contribution >= 4 is 23.9 Å². The van der Waals surface area contributed by atoms with E-state index in [1.165, 1.54) is 6.07 Å². The number of hydrogen-bond donors (Lipinski definition) is 1. The van der Waals surface area contributed by atoms with Gasteiger partial charge in [-0.2, -0.15) is 0 Å². The molecule has 0 aliphatic rings. The molecule has 0 aliphatic carbocycles. The van der Waals surface area contributed by atoms with E-state index < -0.39 is 34.5 Å². The summed E-state index contributed by atoms with van der Waals surface area (Å²) in [7, 11) is 0. The Labute approximate surface area is 112 Å². The van der Waals surface area contributed by atoms with Gasteiger partial charge in [-0.15, -0.1) is 0 Å². The van der Waals surface area contributed by atoms with Crippen LogP contribution in [0.5, 0.6) is 5.75 Å². The topological polar surface area (TPSA) is 124 Å². The molecule has 0 atom stereocenters. The van der Waals surface area contributed by atoms with Gasteiger partial charge in [0.05, 0.1) is 11.3 Å². The number of benzene rings is 1. The third-order valence-electron chi connectivity index (χ3n) is 2.20. The lowest BCUT2D eigenvalue weighted by Gasteiger charge is -2.05. The number of carboxylic acids is 1. The summed E-state index contributed by atoms with van der Waals surface area (Å²) in [5.74, 6) is -2.74. The monoisotopic (exact) mass is 279 g/mol. The Morgan fingerprint density at radius 2 is 2.10 bits per heavy atom. The Morgan fingerprint density at radius 3 is 2.60 bits per heavy atom. The van der Waals surface area contributed by atoms with Crippen LogP contribution < -0.4 is 4.74 Å². The van der Waals surface area contributed by atoms with E-state index >= 15 is 0 Å². The van der Waals surface area contributed by atoms with Gasteiger partial charge in [0.1, 0.15) is 6.29 Å². The molecule has 1 N–H and O–H groups in total. The number of rotatable bonds is 6. The first-order valence-electron chi connectivity index (χ1n) is 5.20. The Balaban J connectivity index is 2.94. The third kappa shape index (κ3) is 3.73. The second kappa shape index (κ2) is 6.23. The SMILES string of the molecule is C=C(CC(=O)Oc1ccc(C=O)cc1[N+](=O)[O-])C(=O)O. The molecule has 0 aliphatic heterocycles. The van der Waals surface area contributed by atoms with Gasteiger partial charge < -0.3 is 9.84 Å². The van der Waals surface area contributed by atoms with Gasteiger partial charge in [-0.3, -0.25) is 19.7 Å². The van der Waals surface area contributed by atoms with E-state index in [2.05, 4.69) is 6.58 Å². The highest BCUT2D eigenvalue weighted by molar-refractivity contribution is 5.92. The predicted octanol–water partition coefficient (Wildman–Crippen LogP) is 1.34. The number of aldehydes is 1. The van der Waals surface area contributed by atoms with Gasteiger partial charge in [0, 0.05) is 17.2 Å². The summed E-state index contributed by atoms with van der Waals surface area (Å²) in [5, 5.41) is 19.3. The van der Waals surface area contributed by atoms with Crippen molar-refractivity contribution < 1.29 is 29.2 Å². The summed E-state index contributed by atoms with van der Waals surface area (Å²) in [6, 6.07) is 3.26. The zero-order valence-corrected chi connectivity index (χ0v) is 10.1. The van der Waals surface area contributed by atoms with Crippen molar-refractivity contribution in [3.8, 4) is 5.75 Å². The van der Waals surface area contributed by atoms with Crippen LogP contribution in [0.2, 0.25) is 0 Å². The van der Waals surface area contributed by atoms with Crippen LogP contribution in [0.1, 0.15) is 16.8 Å². The second-order valence-corrected chi connectivity index (χ2v) is 3.66. The van der Waals surface area contributed by atoms with Gasteiger partial charge in [-0.1, -0.05) is 6.58 Å². The summed E-state index contributed by atoms with van der Waals surface area (Å²) in [6.07, 6.45) is -0.202. The van der Waals surface area contributed by atoms with Crippen LogP contribution in [0.15, 0.2) is 30.4 Å². The summed E-state index contributed by atoms with van der Waals surface area (Å²) < 4.78 is 4.71. The maximum Gasteiger partial charge on any atom is 0.331 e. The van der Waals surface area contributed by atoms with E-state index in [1.54, 1.807) is 0 Å². The van der Waals surface area contributed by atoms with Crippen LogP contribution >= 0.6 is 0 Å². The minimum Gasteiger partial charge on any atom is -0.478 e. The second-order valence-electron chi connectivity index (χ2n) is 3.66. The number of nitro groups is 1. The van der Waals surface area contributed by atoms with Gasteiger partial charge in [0.2, 0.25) is 5.75 Å². The number of hydrogen-bond acceptors (Lipinski definition) is 6. The molecule has 0 amide bonds. The summed E-state index contributed by atoms with van der Waals surface area (Å²) in [5.41, 5.74) is -0.919. The van der Waals surface area contributed by atoms with Crippen molar-refractivity contribution in [3.63, 3.8) is 0 Å². The maximum atomic E-state index is 11.4. The number of esters is 1. The van der Waals surface area contributed by atoms with E-state index in [4.69, 9.17) is 9.84 Å². The largest absolute Gasteiger partial charge is 0.478 e. The number of nitrogens with zero attached hydrogens (tertiary/aromatic N) is 1. The average molecular weight is 279 g/mol. The molecule has 8 heteroatoms. The highest BCUT2D eigenvalue weighted by Gasteiger charge is 2.20. The average Bonchev–Trinajstić information content (AvgIpc) is 2.38. The quantitative estimate of drug-likeness (QED) is 0.208. The third-order valence-corrected chi connectivity index (χ3v) is 2.20. The minimum absolute atomic E-state index is 0.0476. The summed E-state index contributed by atoms with van der Waals surface area (Å²) >= 11 is 0. The van der Waals surface area contributed by atoms with Gasteiger partial charge in [-0.05, 0) is 12.1 Å². The van der Waals surface area contributed by atoms with Crippen molar-refractivity contribution in [2.75, 3.05) is 0 Å². The van der Waals surface area contributed by atoms with Crippen molar-refractivity contribution in [2.24, 2.45) is 0 Å². The highest BCUT2D eigenvalue weighted by Crippen LogP contribution is 2.28. The molecule has 1 rings (SSSR count). The van der Waals surface area contributed by atoms with Crippen molar-refractivity contribution in [1.29, 1.82) is 0 Å². The van der Waals surface area contributed by atoms with Gasteiger partial charge >= 0.3 is 17.6 Å². The maximum absolute atomic E-state index is 11.4. The first kappa shape index (κ1) is 15.0. The Morgan fingerprint density at radius 1 is 1.45 bits per heavy atom. The predicted molar refractivity (Wildman–Crippen MR) is 65.5 cm³/mol. The van der Waals surface area contributed by atoms with Gasteiger partial charge in [0.15, 0.2) is 0 Å². The van der Waals surface area contributed by atoms with E-state index in [1.807, 2.05) is 0 Å². The molecule has 0 fully saturated rings. The van der Waals surface area contributed by atoms with E-state index in [0.29, 0.717) is 6.29 Å². The molecule has 1 aromatic rings. The van der Waals surface area contributed by atoms with Crippen LogP contribution in [-0.2, 0) is 9.59 Å². The number of carbonyl (C=O) groups is 3. The lowest BCUT2D eigenvalue weighted by Crippen LogP contribution is -2.13. The fourth-order valence-electron chi connectivity index (χ4n) is 1.25. The van der Waals surface area contributed by atoms with Crippen LogP contribution in [-0.4, -0.2) is 28.3 Å². The molecule has 1 aromatic carbocycles.